The summed E-state index contributed by atoms with van der Waals surface area (Å²) in [6.07, 6.45) is -0.653. The second kappa shape index (κ2) is 5.63. The number of methoxy groups -OCH3 is 2. The van der Waals surface area contributed by atoms with E-state index in [1.165, 1.54) is 0 Å². The Kier molecular flexibility index (Phi) is 4.11. The highest BCUT2D eigenvalue weighted by Gasteiger charge is 2.30. The van der Waals surface area contributed by atoms with Crippen molar-refractivity contribution in [1.29, 1.82) is 0 Å². The van der Waals surface area contributed by atoms with Crippen LogP contribution >= 0.6 is 12.2 Å². The molecule has 19 heavy (non-hydrogen) atoms. The van der Waals surface area contributed by atoms with Crippen LogP contribution in [0.4, 0.5) is 0 Å². The minimum Gasteiger partial charge on any atom is -0.496 e. The van der Waals surface area contributed by atoms with Gasteiger partial charge in [0.05, 0.1) is 20.8 Å². The van der Waals surface area contributed by atoms with Gasteiger partial charge in [-0.25, -0.2) is 0 Å². The van der Waals surface area contributed by atoms with Crippen LogP contribution in [0.3, 0.4) is 0 Å². The summed E-state index contributed by atoms with van der Waals surface area (Å²) in [5, 5.41) is 13.9. The van der Waals surface area contributed by atoms with Crippen LogP contribution in [0, 0.1) is 0 Å². The van der Waals surface area contributed by atoms with E-state index in [0.717, 1.165) is 16.9 Å². The molecule has 5 nitrogen and oxygen atoms in total. The first-order valence-corrected chi connectivity index (χ1v) is 6.41. The van der Waals surface area contributed by atoms with Crippen LogP contribution in [0.2, 0.25) is 0 Å². The Morgan fingerprint density at radius 3 is 2.58 bits per heavy atom. The summed E-state index contributed by atoms with van der Waals surface area (Å²) in [5.74, 6) is 1.41. The van der Waals surface area contributed by atoms with Crippen molar-refractivity contribution in [2.75, 3.05) is 27.8 Å². The van der Waals surface area contributed by atoms with Gasteiger partial charge in [-0.3, -0.25) is 0 Å². The molecule has 1 aliphatic rings. The predicted molar refractivity (Wildman–Crippen MR) is 76.6 cm³/mol. The van der Waals surface area contributed by atoms with E-state index in [0.29, 0.717) is 24.0 Å². The van der Waals surface area contributed by atoms with Gasteiger partial charge in [-0.15, -0.1) is 0 Å². The third-order valence-corrected chi connectivity index (χ3v) is 3.75. The quantitative estimate of drug-likeness (QED) is 0.791. The van der Waals surface area contributed by atoms with Crippen LogP contribution in [0.25, 0.3) is 0 Å². The summed E-state index contributed by atoms with van der Waals surface area (Å²) < 4.78 is 10.7. The highest BCUT2D eigenvalue weighted by molar-refractivity contribution is 7.80. The monoisotopic (exact) mass is 282 g/mol. The van der Waals surface area contributed by atoms with E-state index in [1.54, 1.807) is 21.3 Å². The number of fused-ring (bicyclic) bond motifs is 1. The lowest BCUT2D eigenvalue weighted by Gasteiger charge is -2.35. The van der Waals surface area contributed by atoms with Gasteiger partial charge in [0.2, 0.25) is 0 Å². The highest BCUT2D eigenvalue weighted by Crippen LogP contribution is 2.39. The zero-order valence-electron chi connectivity index (χ0n) is 11.3. The molecule has 0 unspecified atom stereocenters. The zero-order valence-corrected chi connectivity index (χ0v) is 12.1. The first-order valence-electron chi connectivity index (χ1n) is 6.00. The Morgan fingerprint density at radius 2 is 2.00 bits per heavy atom. The second-order valence-corrected chi connectivity index (χ2v) is 4.70. The smallest absolute Gasteiger partial charge is 0.169 e. The molecule has 1 atom stereocenters. The summed E-state index contributed by atoms with van der Waals surface area (Å²) in [6, 6.07) is 3.66. The summed E-state index contributed by atoms with van der Waals surface area (Å²) in [7, 11) is 4.98. The van der Waals surface area contributed by atoms with Crippen molar-refractivity contribution in [3.8, 4) is 11.5 Å². The molecule has 1 heterocycles. The summed E-state index contributed by atoms with van der Waals surface area (Å²) in [6.45, 7) is 1.03. The number of thiocarbonyl (C=S) groups is 1. The van der Waals surface area contributed by atoms with Crippen molar-refractivity contribution in [3.63, 3.8) is 0 Å². The molecule has 0 aromatic heterocycles. The van der Waals surface area contributed by atoms with E-state index in [-0.39, 0.29) is 0 Å². The van der Waals surface area contributed by atoms with Crippen molar-refractivity contribution in [1.82, 2.24) is 10.2 Å². The van der Waals surface area contributed by atoms with Crippen molar-refractivity contribution in [3.05, 3.63) is 23.3 Å². The lowest BCUT2D eigenvalue weighted by Crippen LogP contribution is -2.42. The molecule has 0 spiro atoms. The van der Waals surface area contributed by atoms with E-state index in [9.17, 15) is 5.11 Å². The summed E-state index contributed by atoms with van der Waals surface area (Å²) >= 11 is 5.23. The van der Waals surface area contributed by atoms with Crippen molar-refractivity contribution >= 4 is 17.3 Å². The number of aliphatic hydroxyl groups excluding tert-OH is 1. The van der Waals surface area contributed by atoms with Crippen molar-refractivity contribution in [2.45, 2.75) is 12.6 Å². The first-order chi connectivity index (χ1) is 9.12. The molecule has 6 heteroatoms. The molecular weight excluding hydrogens is 264 g/mol. The van der Waals surface area contributed by atoms with Crippen LogP contribution in [0.15, 0.2) is 12.1 Å². The fourth-order valence-corrected chi connectivity index (χ4v) is 2.53. The number of β-amino-alcohol motifs (C(OH)–C–C–N with tert-alkyl or cyclic N) is 1. The average Bonchev–Trinajstić information content (AvgIpc) is 2.44. The number of hydrogen-bond donors (Lipinski definition) is 2. The van der Waals surface area contributed by atoms with E-state index >= 15 is 0 Å². The Morgan fingerprint density at radius 1 is 1.37 bits per heavy atom. The van der Waals surface area contributed by atoms with E-state index in [2.05, 4.69) is 5.32 Å². The molecule has 1 aliphatic heterocycles. The van der Waals surface area contributed by atoms with Gasteiger partial charge in [0.1, 0.15) is 17.6 Å². The molecule has 0 bridgehead atoms. The van der Waals surface area contributed by atoms with Gasteiger partial charge in [-0.2, -0.15) is 0 Å². The van der Waals surface area contributed by atoms with Gasteiger partial charge < -0.3 is 24.8 Å². The van der Waals surface area contributed by atoms with Gasteiger partial charge in [0, 0.05) is 24.7 Å². The van der Waals surface area contributed by atoms with Gasteiger partial charge in [-0.1, -0.05) is 0 Å². The molecule has 0 saturated heterocycles. The van der Waals surface area contributed by atoms with Crippen LogP contribution in [0.5, 0.6) is 11.5 Å². The number of hydrogen-bond acceptors (Lipinski definition) is 4. The minimum atomic E-state index is -0.653. The molecule has 0 fully saturated rings. The Hall–Kier alpha value is -1.53. The number of aliphatic hydroxyl groups is 1. The number of rotatable bonds is 2. The molecular formula is C13H18N2O3S. The Bertz CT molecular complexity index is 493. The number of ether oxygens (including phenoxy) is 2. The molecule has 1 aromatic carbocycles. The fourth-order valence-electron chi connectivity index (χ4n) is 2.39. The van der Waals surface area contributed by atoms with Gasteiger partial charge in [-0.05, 0) is 24.4 Å². The molecule has 0 saturated carbocycles. The minimum absolute atomic E-state index is 0.441. The maximum absolute atomic E-state index is 10.3. The summed E-state index contributed by atoms with van der Waals surface area (Å²) in [5.41, 5.74) is 1.70. The van der Waals surface area contributed by atoms with Crippen LogP contribution in [0.1, 0.15) is 17.2 Å². The first kappa shape index (κ1) is 13.9. The third-order valence-electron chi connectivity index (χ3n) is 3.29. The SMILES string of the molecule is CNC(=S)N1Cc2c(OC)ccc(OC)c2[C@@H](O)C1. The normalized spacial score (nSPS) is 17.7. The van der Waals surface area contributed by atoms with E-state index < -0.39 is 6.10 Å². The van der Waals surface area contributed by atoms with E-state index in [1.807, 2.05) is 17.0 Å². The van der Waals surface area contributed by atoms with Crippen LogP contribution < -0.4 is 14.8 Å². The fraction of sp³-hybridized carbons (Fsp3) is 0.462. The topological polar surface area (TPSA) is 54.0 Å². The van der Waals surface area contributed by atoms with Gasteiger partial charge in [0.25, 0.3) is 0 Å². The maximum Gasteiger partial charge on any atom is 0.169 e. The van der Waals surface area contributed by atoms with Crippen LogP contribution in [-0.4, -0.2) is 42.9 Å². The number of nitrogens with zero attached hydrogens (tertiary/aromatic N) is 1. The Balaban J connectivity index is 2.47. The highest BCUT2D eigenvalue weighted by atomic mass is 32.1. The molecule has 1 aromatic rings. The van der Waals surface area contributed by atoms with Crippen molar-refractivity contribution < 1.29 is 14.6 Å². The summed E-state index contributed by atoms with van der Waals surface area (Å²) in [4.78, 5) is 1.91. The lowest BCUT2D eigenvalue weighted by atomic mass is 9.95. The Labute approximate surface area is 118 Å². The van der Waals surface area contributed by atoms with E-state index in [4.69, 9.17) is 21.7 Å². The lowest BCUT2D eigenvalue weighted by molar-refractivity contribution is 0.122. The largest absolute Gasteiger partial charge is 0.496 e. The van der Waals surface area contributed by atoms with Gasteiger partial charge >= 0.3 is 0 Å². The predicted octanol–water partition coefficient (Wildman–Crippen LogP) is 1.06. The third kappa shape index (κ3) is 2.46. The number of nitrogens with one attached hydrogen (secondary N) is 1. The zero-order chi connectivity index (χ0) is 14.0. The van der Waals surface area contributed by atoms with Gasteiger partial charge in [0.15, 0.2) is 5.11 Å². The molecule has 0 aliphatic carbocycles. The standard InChI is InChI=1S/C13H18N2O3S/c1-14-13(19)15-6-8-10(17-2)4-5-11(18-3)12(8)9(16)7-15/h4-5,9,16H,6-7H2,1-3H3,(H,14,19)/t9-/m0/s1. The molecule has 2 rings (SSSR count). The van der Waals surface area contributed by atoms with Crippen LogP contribution in [-0.2, 0) is 6.54 Å². The van der Waals surface area contributed by atoms with Crippen molar-refractivity contribution in [2.24, 2.45) is 0 Å². The molecule has 2 N–H and O–H groups in total. The maximum atomic E-state index is 10.3. The molecule has 104 valence electrons. The average molecular weight is 282 g/mol. The second-order valence-electron chi connectivity index (χ2n) is 4.31. The molecule has 0 amide bonds. The number of benzene rings is 1. The molecule has 0 radical (unpaired) electrons.